The molecule has 4 aromatic rings. The second-order valence-corrected chi connectivity index (χ2v) is 6.37. The summed E-state index contributed by atoms with van der Waals surface area (Å²) in [5.74, 6) is 0.420. The fourth-order valence-corrected chi connectivity index (χ4v) is 2.91. The summed E-state index contributed by atoms with van der Waals surface area (Å²) in [6.45, 7) is 2.37. The van der Waals surface area contributed by atoms with Crippen LogP contribution in [0.3, 0.4) is 0 Å². The number of urea groups is 1. The van der Waals surface area contributed by atoms with E-state index in [2.05, 4.69) is 30.6 Å². The van der Waals surface area contributed by atoms with Gasteiger partial charge in [-0.25, -0.2) is 14.8 Å². The number of aromatic nitrogens is 5. The molecule has 0 bridgehead atoms. The molecule has 0 unspecified atom stereocenters. The van der Waals surface area contributed by atoms with Crippen molar-refractivity contribution in [3.05, 3.63) is 60.4 Å². The van der Waals surface area contributed by atoms with Crippen molar-refractivity contribution in [2.24, 2.45) is 0 Å². The molecule has 28 heavy (non-hydrogen) atoms. The summed E-state index contributed by atoms with van der Waals surface area (Å²) in [5, 5.41) is 5.97. The Kier molecular flexibility index (Phi) is 4.86. The molecule has 0 aromatic carbocycles. The summed E-state index contributed by atoms with van der Waals surface area (Å²) in [6.07, 6.45) is 10.0. The van der Waals surface area contributed by atoms with Crippen molar-refractivity contribution in [1.29, 1.82) is 0 Å². The minimum atomic E-state index is -0.309. The molecule has 0 saturated heterocycles. The summed E-state index contributed by atoms with van der Waals surface area (Å²) >= 11 is 5.91. The van der Waals surface area contributed by atoms with Crippen molar-refractivity contribution in [3.63, 3.8) is 0 Å². The number of fused-ring (bicyclic) bond motifs is 1. The average molecular weight is 394 g/mol. The normalized spacial score (nSPS) is 10.8. The summed E-state index contributed by atoms with van der Waals surface area (Å²) in [6, 6.07) is 5.47. The van der Waals surface area contributed by atoms with Gasteiger partial charge in [0, 0.05) is 42.5 Å². The Hall–Kier alpha value is -3.52. The SMILES string of the molecule is CCNC(=O)Nc1cn(-c2ncc(Cl)cn2)c2cc(-c3cccnc3)cnc12. The highest BCUT2D eigenvalue weighted by Gasteiger charge is 2.16. The van der Waals surface area contributed by atoms with Crippen LogP contribution in [-0.4, -0.2) is 37.1 Å². The number of carbonyl (C=O) groups excluding carboxylic acids is 1. The van der Waals surface area contributed by atoms with Crippen LogP contribution < -0.4 is 10.6 Å². The molecule has 4 heterocycles. The number of pyridine rings is 2. The topological polar surface area (TPSA) is 97.6 Å². The highest BCUT2D eigenvalue weighted by atomic mass is 35.5. The molecule has 4 rings (SSSR count). The zero-order chi connectivity index (χ0) is 19.5. The Labute approximate surface area is 165 Å². The Morgan fingerprint density at radius 1 is 1.14 bits per heavy atom. The molecule has 0 aliphatic heterocycles. The number of halogens is 1. The molecule has 0 saturated carbocycles. The van der Waals surface area contributed by atoms with Crippen molar-refractivity contribution in [3.8, 4) is 17.1 Å². The van der Waals surface area contributed by atoms with Gasteiger partial charge in [0.15, 0.2) is 0 Å². The lowest BCUT2D eigenvalue weighted by molar-refractivity contribution is 0.252. The maximum absolute atomic E-state index is 12.0. The first-order valence-electron chi connectivity index (χ1n) is 8.60. The molecule has 9 heteroatoms. The summed E-state index contributed by atoms with van der Waals surface area (Å²) in [5.41, 5.74) is 3.74. The number of anilines is 1. The van der Waals surface area contributed by atoms with Gasteiger partial charge in [-0.2, -0.15) is 0 Å². The van der Waals surface area contributed by atoms with Crippen molar-refractivity contribution >= 4 is 34.4 Å². The number of nitrogens with zero attached hydrogens (tertiary/aromatic N) is 5. The van der Waals surface area contributed by atoms with Crippen molar-refractivity contribution in [2.75, 3.05) is 11.9 Å². The van der Waals surface area contributed by atoms with Gasteiger partial charge in [0.1, 0.15) is 5.52 Å². The Bertz CT molecular complexity index is 1130. The molecule has 0 aliphatic rings. The predicted octanol–water partition coefficient (Wildman–Crippen LogP) is 3.67. The van der Waals surface area contributed by atoms with E-state index in [0.29, 0.717) is 28.7 Å². The second kappa shape index (κ2) is 7.61. The minimum Gasteiger partial charge on any atom is -0.338 e. The standard InChI is InChI=1S/C19H16ClN7O/c1-2-22-19(28)26-15-11-27(18-24-9-14(20)10-25-18)16-6-13(8-23-17(15)16)12-4-3-5-21-7-12/h3-11H,2H2,1H3,(H2,22,26,28). The van der Waals surface area contributed by atoms with E-state index in [9.17, 15) is 4.79 Å². The molecule has 0 fully saturated rings. The maximum atomic E-state index is 12.0. The van der Waals surface area contributed by atoms with Crippen LogP contribution in [0.25, 0.3) is 28.1 Å². The van der Waals surface area contributed by atoms with E-state index < -0.39 is 0 Å². The number of rotatable bonds is 4. The molecule has 2 N–H and O–H groups in total. The zero-order valence-electron chi connectivity index (χ0n) is 14.9. The minimum absolute atomic E-state index is 0.309. The van der Waals surface area contributed by atoms with E-state index in [1.54, 1.807) is 29.4 Å². The van der Waals surface area contributed by atoms with Gasteiger partial charge in [-0.3, -0.25) is 14.5 Å². The van der Waals surface area contributed by atoms with Crippen molar-refractivity contribution in [2.45, 2.75) is 6.92 Å². The molecule has 2 amide bonds. The molecule has 4 aromatic heterocycles. The summed E-state index contributed by atoms with van der Waals surface area (Å²) in [7, 11) is 0. The number of hydrogen-bond acceptors (Lipinski definition) is 5. The molecule has 140 valence electrons. The number of nitrogens with one attached hydrogen (secondary N) is 2. The lowest BCUT2D eigenvalue weighted by Gasteiger charge is -2.05. The van der Waals surface area contributed by atoms with E-state index in [1.807, 2.05) is 25.1 Å². The van der Waals surface area contributed by atoms with Gasteiger partial charge in [0.05, 0.1) is 28.6 Å². The van der Waals surface area contributed by atoms with Gasteiger partial charge in [-0.15, -0.1) is 0 Å². The van der Waals surface area contributed by atoms with Crippen LogP contribution in [0.15, 0.2) is 55.4 Å². The first-order valence-corrected chi connectivity index (χ1v) is 8.98. The largest absolute Gasteiger partial charge is 0.338 e. The Morgan fingerprint density at radius 3 is 2.68 bits per heavy atom. The van der Waals surface area contributed by atoms with E-state index in [1.165, 1.54) is 12.4 Å². The molecular weight excluding hydrogens is 378 g/mol. The first kappa shape index (κ1) is 17.9. The summed E-state index contributed by atoms with van der Waals surface area (Å²) in [4.78, 5) is 29.3. The van der Waals surface area contributed by atoms with Crippen LogP contribution in [0.5, 0.6) is 0 Å². The molecular formula is C19H16ClN7O. The van der Waals surface area contributed by atoms with Gasteiger partial charge in [-0.05, 0) is 19.1 Å². The van der Waals surface area contributed by atoms with Crippen LogP contribution >= 0.6 is 11.6 Å². The number of amides is 2. The highest BCUT2D eigenvalue weighted by molar-refractivity contribution is 6.30. The van der Waals surface area contributed by atoms with E-state index >= 15 is 0 Å². The van der Waals surface area contributed by atoms with Crippen LogP contribution in [0.2, 0.25) is 5.02 Å². The second-order valence-electron chi connectivity index (χ2n) is 5.93. The van der Waals surface area contributed by atoms with Gasteiger partial charge < -0.3 is 10.6 Å². The lowest BCUT2D eigenvalue weighted by Crippen LogP contribution is -2.28. The van der Waals surface area contributed by atoms with Crippen LogP contribution in [0.4, 0.5) is 10.5 Å². The number of hydrogen-bond donors (Lipinski definition) is 2. The average Bonchev–Trinajstić information content (AvgIpc) is 3.07. The van der Waals surface area contributed by atoms with Gasteiger partial charge >= 0.3 is 6.03 Å². The van der Waals surface area contributed by atoms with Gasteiger partial charge in [0.2, 0.25) is 5.95 Å². The molecule has 0 aliphatic carbocycles. The van der Waals surface area contributed by atoms with E-state index in [-0.39, 0.29) is 6.03 Å². The smallest absolute Gasteiger partial charge is 0.319 e. The zero-order valence-corrected chi connectivity index (χ0v) is 15.7. The van der Waals surface area contributed by atoms with Gasteiger partial charge in [0.25, 0.3) is 0 Å². The van der Waals surface area contributed by atoms with Crippen LogP contribution in [0.1, 0.15) is 6.92 Å². The predicted molar refractivity (Wildman–Crippen MR) is 108 cm³/mol. The van der Waals surface area contributed by atoms with Crippen LogP contribution in [0, 0.1) is 0 Å². The highest BCUT2D eigenvalue weighted by Crippen LogP contribution is 2.30. The monoisotopic (exact) mass is 393 g/mol. The van der Waals surface area contributed by atoms with E-state index in [4.69, 9.17) is 11.6 Å². The Morgan fingerprint density at radius 2 is 1.96 bits per heavy atom. The third-order valence-electron chi connectivity index (χ3n) is 4.04. The first-order chi connectivity index (χ1) is 13.7. The maximum Gasteiger partial charge on any atom is 0.319 e. The van der Waals surface area contributed by atoms with Gasteiger partial charge in [-0.1, -0.05) is 17.7 Å². The van der Waals surface area contributed by atoms with Crippen molar-refractivity contribution < 1.29 is 4.79 Å². The molecule has 0 spiro atoms. The number of carbonyl (C=O) groups is 1. The fourth-order valence-electron chi connectivity index (χ4n) is 2.81. The Balaban J connectivity index is 1.87. The molecule has 0 atom stereocenters. The van der Waals surface area contributed by atoms with Crippen molar-refractivity contribution in [1.82, 2.24) is 29.8 Å². The quantitative estimate of drug-likeness (QED) is 0.551. The van der Waals surface area contributed by atoms with Crippen LogP contribution in [-0.2, 0) is 0 Å². The third kappa shape index (κ3) is 3.49. The third-order valence-corrected chi connectivity index (χ3v) is 4.24. The molecule has 8 nitrogen and oxygen atoms in total. The molecule has 0 radical (unpaired) electrons. The fraction of sp³-hybridized carbons (Fsp3) is 0.105. The lowest BCUT2D eigenvalue weighted by atomic mass is 10.1. The van der Waals surface area contributed by atoms with E-state index in [0.717, 1.165) is 16.6 Å². The summed E-state index contributed by atoms with van der Waals surface area (Å²) < 4.78 is 1.76.